The third kappa shape index (κ3) is 5.21. The second-order valence-corrected chi connectivity index (χ2v) is 13.2. The third-order valence-electron chi connectivity index (χ3n) is 7.69. The first kappa shape index (κ1) is 26.1. The quantitative estimate of drug-likeness (QED) is 0.342. The van der Waals surface area contributed by atoms with E-state index < -0.39 is 10.0 Å². The lowest BCUT2D eigenvalue weighted by molar-refractivity contribution is 0.0321. The summed E-state index contributed by atoms with van der Waals surface area (Å²) < 4.78 is 44.6. The molecule has 0 aliphatic carbocycles. The van der Waals surface area contributed by atoms with Crippen molar-refractivity contribution < 1.29 is 12.8 Å². The number of hydrogen-bond acceptors (Lipinski definition) is 8. The van der Waals surface area contributed by atoms with Gasteiger partial charge in [0.1, 0.15) is 11.6 Å². The van der Waals surface area contributed by atoms with Crippen LogP contribution in [0, 0.1) is 5.82 Å². The lowest BCUT2D eigenvalue weighted by Gasteiger charge is -2.47. The highest BCUT2D eigenvalue weighted by Gasteiger charge is 2.41. The molecule has 0 radical (unpaired) electrons. The minimum absolute atomic E-state index is 0.00497. The zero-order valence-electron chi connectivity index (χ0n) is 21.5. The predicted molar refractivity (Wildman–Crippen MR) is 148 cm³/mol. The molecular formula is C27H30FN7O2S2. The molecule has 1 N–H and O–H groups in total. The van der Waals surface area contributed by atoms with Crippen LogP contribution in [0.4, 0.5) is 15.3 Å². The highest BCUT2D eigenvalue weighted by Crippen LogP contribution is 2.39. The molecule has 2 aliphatic rings. The SMILES string of the molecule is C[C@H](c1ccc(F)cc1)n1cncc1C1CCCC2CN(S(=O)(=O)c3cnc(Nc4ccccn4)s3)CCN21. The summed E-state index contributed by atoms with van der Waals surface area (Å²) in [5, 5.41) is 3.57. The Morgan fingerprint density at radius 2 is 1.92 bits per heavy atom. The minimum Gasteiger partial charge on any atom is -0.326 e. The first-order valence-electron chi connectivity index (χ1n) is 13.1. The molecule has 2 unspecified atom stereocenters. The fraction of sp³-hybridized carbons (Fsp3) is 0.370. The van der Waals surface area contributed by atoms with Crippen molar-refractivity contribution in [3.8, 4) is 0 Å². The number of hydrogen-bond donors (Lipinski definition) is 1. The fourth-order valence-corrected chi connectivity index (χ4v) is 8.33. The highest BCUT2D eigenvalue weighted by atomic mass is 32.2. The summed E-state index contributed by atoms with van der Waals surface area (Å²) in [6, 6.07) is 12.4. The van der Waals surface area contributed by atoms with Gasteiger partial charge < -0.3 is 9.88 Å². The van der Waals surface area contributed by atoms with Crippen molar-refractivity contribution in [2.24, 2.45) is 0 Å². The number of piperazine rings is 1. The Morgan fingerprint density at radius 1 is 1.08 bits per heavy atom. The Kier molecular flexibility index (Phi) is 7.19. The van der Waals surface area contributed by atoms with Crippen molar-refractivity contribution in [2.45, 2.75) is 48.5 Å². The highest BCUT2D eigenvalue weighted by molar-refractivity contribution is 7.91. The molecule has 0 spiro atoms. The van der Waals surface area contributed by atoms with Gasteiger partial charge >= 0.3 is 0 Å². The average Bonchev–Trinajstić information content (AvgIpc) is 3.64. The Balaban J connectivity index is 1.17. The summed E-state index contributed by atoms with van der Waals surface area (Å²) in [5.74, 6) is 0.365. The molecule has 1 aromatic carbocycles. The molecule has 4 aromatic rings. The standard InChI is InChI=1S/C27H30FN7O2S2/c1-19(20-8-10-21(28)11-9-20)35-18-29-15-24(35)23-6-4-5-22-17-33(13-14-34(22)23)39(36,37)26-16-31-27(38-26)32-25-7-2-3-12-30-25/h2-3,7-12,15-16,18-19,22-23H,4-6,13-14,17H2,1H3,(H,30,31,32)/t19-,22?,23?/m1/s1. The molecule has 9 nitrogen and oxygen atoms in total. The molecular weight excluding hydrogens is 537 g/mol. The van der Waals surface area contributed by atoms with E-state index in [1.54, 1.807) is 16.6 Å². The van der Waals surface area contributed by atoms with Crippen molar-refractivity contribution >= 4 is 32.3 Å². The second kappa shape index (κ2) is 10.8. The number of benzene rings is 1. The number of thiazole rings is 1. The van der Waals surface area contributed by atoms with E-state index in [0.717, 1.165) is 41.9 Å². The van der Waals surface area contributed by atoms with Crippen LogP contribution in [0.1, 0.15) is 49.5 Å². The fourth-order valence-electron chi connectivity index (χ4n) is 5.67. The van der Waals surface area contributed by atoms with Gasteiger partial charge in [0.15, 0.2) is 9.34 Å². The number of pyridine rings is 1. The van der Waals surface area contributed by atoms with Crippen molar-refractivity contribution in [1.29, 1.82) is 0 Å². The minimum atomic E-state index is -3.66. The maximum absolute atomic E-state index is 13.6. The topological polar surface area (TPSA) is 96.2 Å². The zero-order valence-corrected chi connectivity index (χ0v) is 23.2. The average molecular weight is 568 g/mol. The zero-order chi connectivity index (χ0) is 27.0. The van der Waals surface area contributed by atoms with Crippen LogP contribution in [0.15, 0.2) is 71.6 Å². The van der Waals surface area contributed by atoms with E-state index in [4.69, 9.17) is 0 Å². The van der Waals surface area contributed by atoms with Crippen LogP contribution in [-0.2, 0) is 10.0 Å². The smallest absolute Gasteiger partial charge is 0.254 e. The van der Waals surface area contributed by atoms with Crippen LogP contribution in [0.2, 0.25) is 0 Å². The van der Waals surface area contributed by atoms with Crippen molar-refractivity contribution in [1.82, 2.24) is 28.7 Å². The van der Waals surface area contributed by atoms with Crippen molar-refractivity contribution in [3.05, 3.63) is 84.5 Å². The number of nitrogens with zero attached hydrogens (tertiary/aromatic N) is 6. The van der Waals surface area contributed by atoms with Gasteiger partial charge in [-0.15, -0.1) is 0 Å². The lowest BCUT2D eigenvalue weighted by atomic mass is 9.92. The van der Waals surface area contributed by atoms with Crippen LogP contribution < -0.4 is 5.32 Å². The summed E-state index contributed by atoms with van der Waals surface area (Å²) in [4.78, 5) is 15.4. The van der Waals surface area contributed by atoms with Crippen molar-refractivity contribution in [3.63, 3.8) is 0 Å². The molecule has 3 aromatic heterocycles. The van der Waals surface area contributed by atoms with Gasteiger partial charge in [0.2, 0.25) is 0 Å². The molecule has 3 atom stereocenters. The number of fused-ring (bicyclic) bond motifs is 1. The molecule has 0 saturated carbocycles. The van der Waals surface area contributed by atoms with Gasteiger partial charge in [-0.1, -0.05) is 29.5 Å². The van der Waals surface area contributed by atoms with Gasteiger partial charge in [0.25, 0.3) is 10.0 Å². The molecule has 2 saturated heterocycles. The Labute approximate surface area is 231 Å². The van der Waals surface area contributed by atoms with Gasteiger partial charge in [-0.2, -0.15) is 4.31 Å². The van der Waals surface area contributed by atoms with E-state index >= 15 is 0 Å². The molecule has 0 amide bonds. The van der Waals surface area contributed by atoms with Crippen LogP contribution in [0.5, 0.6) is 0 Å². The number of sulfonamides is 1. The number of rotatable bonds is 7. The number of nitrogens with one attached hydrogen (secondary N) is 1. The normalized spacial score (nSPS) is 21.4. The largest absolute Gasteiger partial charge is 0.326 e. The summed E-state index contributed by atoms with van der Waals surface area (Å²) in [5.41, 5.74) is 2.13. The number of halogens is 1. The second-order valence-electron chi connectivity index (χ2n) is 9.98. The monoisotopic (exact) mass is 567 g/mol. The lowest BCUT2D eigenvalue weighted by Crippen LogP contribution is -2.57. The molecule has 39 heavy (non-hydrogen) atoms. The van der Waals surface area contributed by atoms with Crippen LogP contribution in [-0.4, -0.2) is 62.8 Å². The number of aromatic nitrogens is 4. The van der Waals surface area contributed by atoms with Gasteiger partial charge in [-0.3, -0.25) is 4.90 Å². The summed E-state index contributed by atoms with van der Waals surface area (Å²) in [7, 11) is -3.66. The molecule has 12 heteroatoms. The maximum Gasteiger partial charge on any atom is 0.254 e. The van der Waals surface area contributed by atoms with E-state index in [9.17, 15) is 12.8 Å². The Hall–Kier alpha value is -3.19. The number of anilines is 2. The van der Waals surface area contributed by atoms with Crippen LogP contribution in [0.3, 0.4) is 0 Å². The van der Waals surface area contributed by atoms with E-state index in [0.29, 0.717) is 30.6 Å². The van der Waals surface area contributed by atoms with Crippen molar-refractivity contribution in [2.75, 3.05) is 25.0 Å². The summed E-state index contributed by atoms with van der Waals surface area (Å²) in [6.45, 7) is 3.59. The molecule has 2 aliphatic heterocycles. The first-order valence-corrected chi connectivity index (χ1v) is 15.3. The Morgan fingerprint density at radius 3 is 2.72 bits per heavy atom. The van der Waals surface area contributed by atoms with E-state index in [-0.39, 0.29) is 28.2 Å². The first-order chi connectivity index (χ1) is 18.9. The molecule has 6 rings (SSSR count). The van der Waals surface area contributed by atoms with E-state index in [1.807, 2.05) is 36.8 Å². The Bertz CT molecular complexity index is 1520. The molecule has 204 valence electrons. The van der Waals surface area contributed by atoms with Gasteiger partial charge in [-0.05, 0) is 56.0 Å². The van der Waals surface area contributed by atoms with Gasteiger partial charge in [0.05, 0.1) is 30.3 Å². The third-order valence-corrected chi connectivity index (χ3v) is 10.9. The predicted octanol–water partition coefficient (Wildman–Crippen LogP) is 4.83. The number of piperidine rings is 1. The van der Waals surface area contributed by atoms with Crippen LogP contribution in [0.25, 0.3) is 0 Å². The van der Waals surface area contributed by atoms with Gasteiger partial charge in [0, 0.05) is 38.1 Å². The summed E-state index contributed by atoms with van der Waals surface area (Å²) >= 11 is 1.12. The van der Waals surface area contributed by atoms with Gasteiger partial charge in [-0.25, -0.2) is 27.8 Å². The molecule has 5 heterocycles. The van der Waals surface area contributed by atoms with E-state index in [2.05, 4.69) is 36.7 Å². The molecule has 0 bridgehead atoms. The maximum atomic E-state index is 13.6. The van der Waals surface area contributed by atoms with Crippen LogP contribution >= 0.6 is 11.3 Å². The van der Waals surface area contributed by atoms with E-state index in [1.165, 1.54) is 18.3 Å². The summed E-state index contributed by atoms with van der Waals surface area (Å²) in [6.07, 6.45) is 9.80. The molecule has 2 fully saturated rings. The number of imidazole rings is 1.